The zero-order valence-electron chi connectivity index (χ0n) is 14.1. The molecule has 0 bridgehead atoms. The van der Waals surface area contributed by atoms with Crippen molar-refractivity contribution in [2.45, 2.75) is 52.6 Å². The van der Waals surface area contributed by atoms with Gasteiger partial charge in [0.05, 0.1) is 12.2 Å². The summed E-state index contributed by atoms with van der Waals surface area (Å²) >= 11 is 0. The molecule has 0 amide bonds. The van der Waals surface area contributed by atoms with E-state index in [0.29, 0.717) is 12.6 Å². The maximum absolute atomic E-state index is 4.41. The topological polar surface area (TPSA) is 49.3 Å². The molecule has 124 valence electrons. The lowest BCUT2D eigenvalue weighted by atomic mass is 9.80. The lowest BCUT2D eigenvalue weighted by molar-refractivity contribution is 0.255. The number of halogens is 1. The molecule has 1 aromatic heterocycles. The number of guanidine groups is 1. The number of rotatable bonds is 3. The number of nitrogens with zero attached hydrogens (tertiary/aromatic N) is 2. The summed E-state index contributed by atoms with van der Waals surface area (Å²) in [4.78, 5) is 8.75. The van der Waals surface area contributed by atoms with Crippen LogP contribution in [0.5, 0.6) is 0 Å². The summed E-state index contributed by atoms with van der Waals surface area (Å²) in [5.74, 6) is 2.47. The molecule has 2 atom stereocenters. The lowest BCUT2D eigenvalue weighted by Gasteiger charge is -2.32. The highest BCUT2D eigenvalue weighted by molar-refractivity contribution is 14.0. The zero-order valence-corrected chi connectivity index (χ0v) is 16.4. The van der Waals surface area contributed by atoms with Crippen molar-refractivity contribution in [1.29, 1.82) is 0 Å². The van der Waals surface area contributed by atoms with Crippen molar-refractivity contribution in [2.24, 2.45) is 16.8 Å². The Hall–Kier alpha value is -0.850. The molecule has 2 unspecified atom stereocenters. The fourth-order valence-corrected chi connectivity index (χ4v) is 3.32. The van der Waals surface area contributed by atoms with Gasteiger partial charge in [0.2, 0.25) is 0 Å². The maximum Gasteiger partial charge on any atom is 0.191 e. The molecule has 0 saturated heterocycles. The first-order valence-electron chi connectivity index (χ1n) is 7.96. The largest absolute Gasteiger partial charge is 0.354 e. The molecule has 0 spiro atoms. The third kappa shape index (κ3) is 5.74. The normalized spacial score (nSPS) is 25.3. The minimum atomic E-state index is 0. The van der Waals surface area contributed by atoms with E-state index in [1.165, 1.54) is 24.8 Å². The Morgan fingerprint density at radius 2 is 1.95 bits per heavy atom. The van der Waals surface area contributed by atoms with Crippen molar-refractivity contribution in [2.75, 3.05) is 7.05 Å². The van der Waals surface area contributed by atoms with Gasteiger partial charge < -0.3 is 10.6 Å². The quantitative estimate of drug-likeness (QED) is 0.451. The van der Waals surface area contributed by atoms with E-state index in [9.17, 15) is 0 Å². The van der Waals surface area contributed by atoms with Gasteiger partial charge in [0.15, 0.2) is 5.96 Å². The van der Waals surface area contributed by atoms with E-state index >= 15 is 0 Å². The average molecular weight is 416 g/mol. The highest BCUT2D eigenvalue weighted by atomic mass is 127. The Morgan fingerprint density at radius 3 is 2.55 bits per heavy atom. The monoisotopic (exact) mass is 416 g/mol. The van der Waals surface area contributed by atoms with Crippen LogP contribution in [0.3, 0.4) is 0 Å². The van der Waals surface area contributed by atoms with Crippen LogP contribution in [0.1, 0.15) is 44.4 Å². The van der Waals surface area contributed by atoms with E-state index in [4.69, 9.17) is 0 Å². The molecule has 1 fully saturated rings. The number of nitrogens with one attached hydrogen (secondary N) is 2. The van der Waals surface area contributed by atoms with Gasteiger partial charge in [-0.05, 0) is 49.7 Å². The Kier molecular flexibility index (Phi) is 8.14. The molecule has 0 aliphatic heterocycles. The molecule has 2 N–H and O–H groups in total. The molecule has 2 rings (SSSR count). The fraction of sp³-hybridized carbons (Fsp3) is 0.647. The number of aryl methyl sites for hydroxylation is 1. The first-order chi connectivity index (χ1) is 10.1. The molecule has 1 aliphatic carbocycles. The van der Waals surface area contributed by atoms with E-state index in [-0.39, 0.29) is 24.0 Å². The second-order valence-electron chi connectivity index (χ2n) is 6.45. The Labute approximate surface area is 151 Å². The summed E-state index contributed by atoms with van der Waals surface area (Å²) in [6.45, 7) is 7.49. The van der Waals surface area contributed by atoms with Crippen molar-refractivity contribution >= 4 is 29.9 Å². The lowest BCUT2D eigenvalue weighted by Crippen LogP contribution is -2.46. The van der Waals surface area contributed by atoms with Crippen LogP contribution in [0.25, 0.3) is 0 Å². The van der Waals surface area contributed by atoms with Gasteiger partial charge >= 0.3 is 0 Å². The van der Waals surface area contributed by atoms with E-state index in [2.05, 4.69) is 47.4 Å². The summed E-state index contributed by atoms with van der Waals surface area (Å²) in [6.07, 6.45) is 5.64. The van der Waals surface area contributed by atoms with Crippen molar-refractivity contribution < 1.29 is 0 Å². The van der Waals surface area contributed by atoms with E-state index in [0.717, 1.165) is 23.5 Å². The van der Waals surface area contributed by atoms with Gasteiger partial charge in [-0.15, -0.1) is 24.0 Å². The molecule has 1 heterocycles. The summed E-state index contributed by atoms with van der Waals surface area (Å²) in [6, 6.07) is 4.58. The van der Waals surface area contributed by atoms with Crippen molar-refractivity contribution in [3.8, 4) is 0 Å². The van der Waals surface area contributed by atoms with Gasteiger partial charge in [0.1, 0.15) is 0 Å². The van der Waals surface area contributed by atoms with Crippen LogP contribution < -0.4 is 10.6 Å². The number of pyridine rings is 1. The third-order valence-electron chi connectivity index (χ3n) is 4.28. The van der Waals surface area contributed by atoms with E-state index < -0.39 is 0 Å². The minimum absolute atomic E-state index is 0. The molecule has 1 aromatic rings. The fourth-order valence-electron chi connectivity index (χ4n) is 3.32. The van der Waals surface area contributed by atoms with Crippen LogP contribution in [0.4, 0.5) is 0 Å². The number of aliphatic imine (C=N–C) groups is 1. The van der Waals surface area contributed by atoms with Crippen LogP contribution >= 0.6 is 24.0 Å². The standard InChI is InChI=1S/C17H28N4.HI/c1-12-8-13(2)10-15(9-12)21-17(18-4)20-11-16-14(3)6-5-7-19-16;/h5-7,12-13,15H,8-11H2,1-4H3,(H2,18,20,21);1H. The molecule has 4 nitrogen and oxygen atoms in total. The van der Waals surface area contributed by atoms with Crippen LogP contribution in [0.2, 0.25) is 0 Å². The second-order valence-corrected chi connectivity index (χ2v) is 6.45. The molecule has 0 radical (unpaired) electrons. The Balaban J connectivity index is 0.00000242. The molecular weight excluding hydrogens is 387 g/mol. The van der Waals surface area contributed by atoms with Gasteiger partial charge in [-0.25, -0.2) is 0 Å². The van der Waals surface area contributed by atoms with E-state index in [1.54, 1.807) is 0 Å². The molecule has 5 heteroatoms. The van der Waals surface area contributed by atoms with Crippen molar-refractivity contribution in [3.63, 3.8) is 0 Å². The number of aromatic nitrogens is 1. The van der Waals surface area contributed by atoms with Gasteiger partial charge in [-0.1, -0.05) is 19.9 Å². The summed E-state index contributed by atoms with van der Waals surface area (Å²) in [7, 11) is 1.83. The highest BCUT2D eigenvalue weighted by Gasteiger charge is 2.24. The molecule has 1 saturated carbocycles. The minimum Gasteiger partial charge on any atom is -0.354 e. The highest BCUT2D eigenvalue weighted by Crippen LogP contribution is 2.28. The summed E-state index contributed by atoms with van der Waals surface area (Å²) < 4.78 is 0. The first kappa shape index (κ1) is 19.2. The summed E-state index contributed by atoms with van der Waals surface area (Å²) in [5, 5.41) is 6.95. The molecule has 1 aliphatic rings. The maximum atomic E-state index is 4.41. The predicted octanol–water partition coefficient (Wildman–Crippen LogP) is 3.50. The number of hydrogen-bond acceptors (Lipinski definition) is 2. The van der Waals surface area contributed by atoms with Crippen molar-refractivity contribution in [3.05, 3.63) is 29.6 Å². The van der Waals surface area contributed by atoms with Crippen LogP contribution in [-0.4, -0.2) is 24.0 Å². The van der Waals surface area contributed by atoms with Gasteiger partial charge in [0, 0.05) is 19.3 Å². The molecular formula is C17H29IN4. The number of hydrogen-bond donors (Lipinski definition) is 2. The molecule has 0 aromatic carbocycles. The van der Waals surface area contributed by atoms with Gasteiger partial charge in [0.25, 0.3) is 0 Å². The predicted molar refractivity (Wildman–Crippen MR) is 104 cm³/mol. The van der Waals surface area contributed by atoms with Crippen molar-refractivity contribution in [1.82, 2.24) is 15.6 Å². The van der Waals surface area contributed by atoms with Crippen LogP contribution in [0.15, 0.2) is 23.3 Å². The average Bonchev–Trinajstić information content (AvgIpc) is 2.44. The third-order valence-corrected chi connectivity index (χ3v) is 4.28. The molecule has 22 heavy (non-hydrogen) atoms. The van der Waals surface area contributed by atoms with E-state index in [1.807, 2.05) is 19.3 Å². The van der Waals surface area contributed by atoms with Crippen LogP contribution in [0, 0.1) is 18.8 Å². The smallest absolute Gasteiger partial charge is 0.191 e. The SMILES string of the molecule is CN=C(NCc1ncccc1C)NC1CC(C)CC(C)C1.I. The Morgan fingerprint density at radius 1 is 1.27 bits per heavy atom. The second kappa shape index (κ2) is 9.33. The summed E-state index contributed by atoms with van der Waals surface area (Å²) in [5.41, 5.74) is 2.28. The Bertz CT molecular complexity index is 479. The first-order valence-corrected chi connectivity index (χ1v) is 7.96. The van der Waals surface area contributed by atoms with Gasteiger partial charge in [-0.3, -0.25) is 9.98 Å². The van der Waals surface area contributed by atoms with Crippen LogP contribution in [-0.2, 0) is 6.54 Å². The van der Waals surface area contributed by atoms with Gasteiger partial charge in [-0.2, -0.15) is 0 Å². The zero-order chi connectivity index (χ0) is 15.2.